The predicted molar refractivity (Wildman–Crippen MR) is 57.6 cm³/mol. The highest BCUT2D eigenvalue weighted by atomic mass is 35.5. The second kappa shape index (κ2) is 5.70. The fourth-order valence-electron chi connectivity index (χ4n) is 1.21. The molecular weight excluding hydrogens is 216 g/mol. The van der Waals surface area contributed by atoms with Crippen LogP contribution in [0, 0.1) is 0 Å². The summed E-state index contributed by atoms with van der Waals surface area (Å²) in [6, 6.07) is -0.319. The Balaban J connectivity index is 2.67. The quantitative estimate of drug-likeness (QED) is 0.771. The molecule has 1 aromatic heterocycles. The third-order valence-electron chi connectivity index (χ3n) is 2.11. The molecule has 1 unspecified atom stereocenters. The minimum atomic E-state index is -0.319. The molecule has 0 saturated carbocycles. The van der Waals surface area contributed by atoms with Crippen molar-refractivity contribution in [3.63, 3.8) is 0 Å². The lowest BCUT2D eigenvalue weighted by molar-refractivity contribution is -0.123. The molecule has 0 fully saturated rings. The van der Waals surface area contributed by atoms with Crippen molar-refractivity contribution < 1.29 is 4.79 Å². The van der Waals surface area contributed by atoms with E-state index in [9.17, 15) is 4.79 Å². The van der Waals surface area contributed by atoms with Gasteiger partial charge >= 0.3 is 0 Å². The number of carbonyl (C=O) groups is 1. The highest BCUT2D eigenvalue weighted by molar-refractivity contribution is 6.16. The zero-order valence-electron chi connectivity index (χ0n) is 8.90. The van der Waals surface area contributed by atoms with Crippen LogP contribution in [0.3, 0.4) is 0 Å². The highest BCUT2D eigenvalue weighted by Gasteiger charge is 2.17. The molecule has 0 radical (unpaired) electrons. The van der Waals surface area contributed by atoms with Crippen molar-refractivity contribution in [3.05, 3.63) is 12.2 Å². The first kappa shape index (κ1) is 12.0. The lowest BCUT2D eigenvalue weighted by atomic mass is 10.3. The number of rotatable bonds is 5. The number of nitrogens with one attached hydrogen (secondary N) is 1. The Morgan fingerprint density at radius 1 is 1.73 bits per heavy atom. The van der Waals surface area contributed by atoms with Crippen LogP contribution in [-0.2, 0) is 10.7 Å². The summed E-state index contributed by atoms with van der Waals surface area (Å²) in [6.45, 7) is 4.49. The summed E-state index contributed by atoms with van der Waals surface area (Å²) in [5, 5.41) is 10.4. The fourth-order valence-corrected chi connectivity index (χ4v) is 1.40. The van der Waals surface area contributed by atoms with E-state index >= 15 is 0 Å². The Labute approximate surface area is 93.8 Å². The van der Waals surface area contributed by atoms with Gasteiger partial charge in [0, 0.05) is 6.54 Å². The number of hydrogen-bond acceptors (Lipinski definition) is 3. The molecule has 15 heavy (non-hydrogen) atoms. The largest absolute Gasteiger partial charge is 0.354 e. The summed E-state index contributed by atoms with van der Waals surface area (Å²) >= 11 is 5.67. The minimum absolute atomic E-state index is 0.0389. The summed E-state index contributed by atoms with van der Waals surface area (Å²) in [4.78, 5) is 11.6. The number of halogens is 1. The molecule has 1 atom stereocenters. The SMILES string of the molecule is CCCNC(=O)C(C)n1cnnc1CCl. The summed E-state index contributed by atoms with van der Waals surface area (Å²) in [7, 11) is 0. The second-order valence-electron chi connectivity index (χ2n) is 3.26. The number of carbonyl (C=O) groups excluding carboxylic acids is 1. The van der Waals surface area contributed by atoms with Crippen LogP contribution in [0.1, 0.15) is 32.1 Å². The topological polar surface area (TPSA) is 59.8 Å². The molecule has 1 N–H and O–H groups in total. The van der Waals surface area contributed by atoms with Gasteiger partial charge in [-0.15, -0.1) is 21.8 Å². The maximum Gasteiger partial charge on any atom is 0.242 e. The van der Waals surface area contributed by atoms with Crippen LogP contribution in [-0.4, -0.2) is 27.2 Å². The fraction of sp³-hybridized carbons (Fsp3) is 0.667. The molecule has 0 saturated heterocycles. The number of hydrogen-bond donors (Lipinski definition) is 1. The van der Waals surface area contributed by atoms with Crippen LogP contribution in [0.25, 0.3) is 0 Å². The third kappa shape index (κ3) is 2.92. The van der Waals surface area contributed by atoms with Gasteiger partial charge in [0.25, 0.3) is 0 Å². The molecular formula is C9H15ClN4O. The molecule has 84 valence electrons. The number of nitrogens with zero attached hydrogens (tertiary/aromatic N) is 3. The molecule has 0 spiro atoms. The molecule has 5 nitrogen and oxygen atoms in total. The Bertz CT molecular complexity index is 326. The smallest absolute Gasteiger partial charge is 0.242 e. The van der Waals surface area contributed by atoms with Crippen molar-refractivity contribution >= 4 is 17.5 Å². The lowest BCUT2D eigenvalue weighted by Gasteiger charge is -2.14. The van der Waals surface area contributed by atoms with E-state index in [2.05, 4.69) is 15.5 Å². The second-order valence-corrected chi connectivity index (χ2v) is 3.52. The van der Waals surface area contributed by atoms with Crippen LogP contribution in [0.2, 0.25) is 0 Å². The summed E-state index contributed by atoms with van der Waals surface area (Å²) in [5.74, 6) is 0.824. The van der Waals surface area contributed by atoms with Crippen molar-refractivity contribution in [2.24, 2.45) is 0 Å². The summed E-state index contributed by atoms with van der Waals surface area (Å²) in [5.41, 5.74) is 0. The predicted octanol–water partition coefficient (Wildman–Crippen LogP) is 1.10. The van der Waals surface area contributed by atoms with Gasteiger partial charge in [-0.25, -0.2) is 0 Å². The summed E-state index contributed by atoms with van der Waals surface area (Å²) < 4.78 is 1.68. The Morgan fingerprint density at radius 2 is 2.47 bits per heavy atom. The Hall–Kier alpha value is -1.10. The maximum atomic E-state index is 11.6. The van der Waals surface area contributed by atoms with E-state index in [0.717, 1.165) is 6.42 Å². The molecule has 0 aromatic carbocycles. The first-order valence-electron chi connectivity index (χ1n) is 4.92. The van der Waals surface area contributed by atoms with E-state index in [1.807, 2.05) is 6.92 Å². The average molecular weight is 231 g/mol. The molecule has 1 amide bonds. The molecule has 1 aromatic rings. The monoisotopic (exact) mass is 230 g/mol. The first-order chi connectivity index (χ1) is 7.20. The van der Waals surface area contributed by atoms with Gasteiger partial charge in [0.1, 0.15) is 18.2 Å². The standard InChI is InChI=1S/C9H15ClN4O/c1-3-4-11-9(15)7(2)14-6-12-13-8(14)5-10/h6-7H,3-5H2,1-2H3,(H,11,15). The number of aromatic nitrogens is 3. The van der Waals surface area contributed by atoms with Gasteiger partial charge in [0.15, 0.2) is 0 Å². The van der Waals surface area contributed by atoms with Crippen LogP contribution >= 0.6 is 11.6 Å². The van der Waals surface area contributed by atoms with E-state index in [0.29, 0.717) is 12.4 Å². The van der Waals surface area contributed by atoms with Crippen molar-refractivity contribution in [1.82, 2.24) is 20.1 Å². The minimum Gasteiger partial charge on any atom is -0.354 e. The lowest BCUT2D eigenvalue weighted by Crippen LogP contribution is -2.31. The van der Waals surface area contributed by atoms with Crippen molar-refractivity contribution in [3.8, 4) is 0 Å². The first-order valence-corrected chi connectivity index (χ1v) is 5.46. The van der Waals surface area contributed by atoms with Crippen molar-refractivity contribution in [2.45, 2.75) is 32.2 Å². The Morgan fingerprint density at radius 3 is 3.07 bits per heavy atom. The van der Waals surface area contributed by atoms with Gasteiger partial charge in [-0.05, 0) is 13.3 Å². The van der Waals surface area contributed by atoms with Crippen LogP contribution in [0.15, 0.2) is 6.33 Å². The van der Waals surface area contributed by atoms with E-state index < -0.39 is 0 Å². The zero-order valence-corrected chi connectivity index (χ0v) is 9.66. The summed E-state index contributed by atoms with van der Waals surface area (Å²) in [6.07, 6.45) is 2.44. The van der Waals surface area contributed by atoms with Crippen molar-refractivity contribution in [2.75, 3.05) is 6.54 Å². The van der Waals surface area contributed by atoms with Crippen LogP contribution < -0.4 is 5.32 Å². The third-order valence-corrected chi connectivity index (χ3v) is 2.35. The van der Waals surface area contributed by atoms with E-state index in [4.69, 9.17) is 11.6 Å². The number of alkyl halides is 1. The average Bonchev–Trinajstić information content (AvgIpc) is 2.72. The van der Waals surface area contributed by atoms with E-state index in [-0.39, 0.29) is 17.8 Å². The van der Waals surface area contributed by atoms with Gasteiger partial charge < -0.3 is 9.88 Å². The zero-order chi connectivity index (χ0) is 11.3. The maximum absolute atomic E-state index is 11.6. The molecule has 6 heteroatoms. The van der Waals surface area contributed by atoms with E-state index in [1.54, 1.807) is 11.5 Å². The van der Waals surface area contributed by atoms with Crippen LogP contribution in [0.5, 0.6) is 0 Å². The normalized spacial score (nSPS) is 12.5. The van der Waals surface area contributed by atoms with Gasteiger partial charge in [0.05, 0.1) is 5.88 Å². The highest BCUT2D eigenvalue weighted by Crippen LogP contribution is 2.09. The van der Waals surface area contributed by atoms with Gasteiger partial charge in [-0.1, -0.05) is 6.92 Å². The molecule has 0 aliphatic carbocycles. The van der Waals surface area contributed by atoms with E-state index in [1.165, 1.54) is 6.33 Å². The molecule has 1 heterocycles. The van der Waals surface area contributed by atoms with Crippen molar-refractivity contribution in [1.29, 1.82) is 0 Å². The van der Waals surface area contributed by atoms with Gasteiger partial charge in [-0.3, -0.25) is 4.79 Å². The molecule has 0 aliphatic rings. The number of amides is 1. The molecule has 0 aliphatic heterocycles. The van der Waals surface area contributed by atoms with Gasteiger partial charge in [0.2, 0.25) is 5.91 Å². The van der Waals surface area contributed by atoms with Crippen LogP contribution in [0.4, 0.5) is 0 Å². The molecule has 1 rings (SSSR count). The Kier molecular flexibility index (Phi) is 4.55. The van der Waals surface area contributed by atoms with Gasteiger partial charge in [-0.2, -0.15) is 0 Å². The molecule has 0 bridgehead atoms.